The van der Waals surface area contributed by atoms with Crippen LogP contribution in [-0.4, -0.2) is 57.2 Å². The minimum absolute atomic E-state index is 0.0531. The monoisotopic (exact) mass is 315 g/mol. The summed E-state index contributed by atoms with van der Waals surface area (Å²) >= 11 is 0. The first kappa shape index (κ1) is 15.7. The third-order valence-corrected chi connectivity index (χ3v) is 5.25. The third-order valence-electron chi connectivity index (χ3n) is 3.33. The van der Waals surface area contributed by atoms with E-state index in [0.29, 0.717) is 18.8 Å². The molecule has 8 heteroatoms. The highest BCUT2D eigenvalue weighted by molar-refractivity contribution is 7.89. The van der Waals surface area contributed by atoms with Gasteiger partial charge in [-0.25, -0.2) is 13.2 Å². The maximum Gasteiger partial charge on any atom is 0.336 e. The van der Waals surface area contributed by atoms with E-state index in [1.54, 1.807) is 6.92 Å². The predicted octanol–water partition coefficient (Wildman–Crippen LogP) is 0.723. The first-order chi connectivity index (χ1) is 9.87. The molecule has 0 bridgehead atoms. The van der Waals surface area contributed by atoms with Gasteiger partial charge in [-0.1, -0.05) is 0 Å². The second-order valence-corrected chi connectivity index (χ2v) is 6.55. The Labute approximate surface area is 123 Å². The summed E-state index contributed by atoms with van der Waals surface area (Å²) in [4.78, 5) is 11.1. The zero-order valence-corrected chi connectivity index (χ0v) is 12.6. The van der Waals surface area contributed by atoms with Crippen LogP contribution in [0.5, 0.6) is 5.75 Å². The lowest BCUT2D eigenvalue weighted by atomic mass is 10.1. The van der Waals surface area contributed by atoms with Gasteiger partial charge in [-0.15, -0.1) is 0 Å². The number of carbonyl (C=O) groups is 1. The van der Waals surface area contributed by atoms with Gasteiger partial charge in [0.25, 0.3) is 0 Å². The van der Waals surface area contributed by atoms with Crippen LogP contribution < -0.4 is 4.74 Å². The van der Waals surface area contributed by atoms with Crippen molar-refractivity contribution < 1.29 is 27.8 Å². The molecule has 21 heavy (non-hydrogen) atoms. The summed E-state index contributed by atoms with van der Waals surface area (Å²) in [5, 5.41) is 9.16. The Bertz CT molecular complexity index is 649. The topological polar surface area (TPSA) is 93.1 Å². The molecule has 0 amide bonds. The quantitative estimate of drug-likeness (QED) is 0.880. The lowest BCUT2D eigenvalue weighted by Gasteiger charge is -2.27. The molecule has 0 radical (unpaired) electrons. The van der Waals surface area contributed by atoms with E-state index in [4.69, 9.17) is 14.6 Å². The van der Waals surface area contributed by atoms with Gasteiger partial charge < -0.3 is 14.6 Å². The molecule has 1 heterocycles. The highest BCUT2D eigenvalue weighted by Gasteiger charge is 2.30. The van der Waals surface area contributed by atoms with Crippen molar-refractivity contribution in [1.29, 1.82) is 0 Å². The van der Waals surface area contributed by atoms with Crippen LogP contribution >= 0.6 is 0 Å². The molecule has 1 aromatic carbocycles. The number of hydrogen-bond acceptors (Lipinski definition) is 5. The third kappa shape index (κ3) is 3.02. The molecule has 1 N–H and O–H groups in total. The van der Waals surface area contributed by atoms with E-state index in [2.05, 4.69) is 0 Å². The van der Waals surface area contributed by atoms with Crippen LogP contribution in [0.4, 0.5) is 0 Å². The molecule has 116 valence electrons. The molecule has 0 spiro atoms. The van der Waals surface area contributed by atoms with Crippen LogP contribution in [-0.2, 0) is 14.8 Å². The van der Waals surface area contributed by atoms with Crippen LogP contribution in [0.25, 0.3) is 0 Å². The van der Waals surface area contributed by atoms with E-state index in [1.807, 2.05) is 0 Å². The number of rotatable bonds is 4. The fourth-order valence-electron chi connectivity index (χ4n) is 2.18. The molecule has 2 rings (SSSR count). The van der Waals surface area contributed by atoms with Crippen molar-refractivity contribution in [1.82, 2.24) is 4.31 Å². The van der Waals surface area contributed by atoms with Crippen LogP contribution in [0.2, 0.25) is 0 Å². The fourth-order valence-corrected chi connectivity index (χ4v) is 3.75. The first-order valence-electron chi connectivity index (χ1n) is 6.37. The second kappa shape index (κ2) is 6.00. The Morgan fingerprint density at radius 1 is 1.33 bits per heavy atom. The van der Waals surface area contributed by atoms with Gasteiger partial charge in [0.1, 0.15) is 10.6 Å². The van der Waals surface area contributed by atoms with Crippen molar-refractivity contribution in [2.45, 2.75) is 11.8 Å². The highest BCUT2D eigenvalue weighted by atomic mass is 32.2. The molecule has 0 aliphatic carbocycles. The van der Waals surface area contributed by atoms with E-state index in [0.717, 1.165) is 6.07 Å². The Hall–Kier alpha value is -1.64. The number of carboxylic acids is 1. The Balaban J connectivity index is 2.55. The van der Waals surface area contributed by atoms with Gasteiger partial charge in [0.05, 0.1) is 25.9 Å². The summed E-state index contributed by atoms with van der Waals surface area (Å²) in [6.07, 6.45) is 0. The van der Waals surface area contributed by atoms with Gasteiger partial charge in [-0.05, 0) is 24.6 Å². The number of ether oxygens (including phenoxy) is 2. The van der Waals surface area contributed by atoms with E-state index in [1.165, 1.54) is 17.5 Å². The summed E-state index contributed by atoms with van der Waals surface area (Å²) in [6, 6.07) is 2.58. The maximum absolute atomic E-state index is 12.7. The fraction of sp³-hybridized carbons (Fsp3) is 0.462. The number of sulfonamides is 1. The zero-order valence-electron chi connectivity index (χ0n) is 11.8. The number of benzene rings is 1. The zero-order chi connectivity index (χ0) is 15.6. The van der Waals surface area contributed by atoms with E-state index >= 15 is 0 Å². The highest BCUT2D eigenvalue weighted by Crippen LogP contribution is 2.30. The molecule has 1 aromatic rings. The second-order valence-electron chi connectivity index (χ2n) is 4.64. The van der Waals surface area contributed by atoms with E-state index in [-0.39, 0.29) is 29.3 Å². The number of aryl methyl sites for hydroxylation is 1. The minimum Gasteiger partial charge on any atom is -0.495 e. The number of carboxylic acid groups (broad SMARTS) is 1. The standard InChI is InChI=1S/C13H17NO6S/c1-9-7-11(19-2)12(8-10(9)13(15)16)21(17,18)14-3-5-20-6-4-14/h7-8H,3-6H2,1-2H3,(H,15,16). The summed E-state index contributed by atoms with van der Waals surface area (Å²) in [5.74, 6) is -1.03. The minimum atomic E-state index is -3.81. The average molecular weight is 315 g/mol. The molecular formula is C13H17NO6S. The first-order valence-corrected chi connectivity index (χ1v) is 7.81. The summed E-state index contributed by atoms with van der Waals surface area (Å²) in [7, 11) is -2.46. The van der Waals surface area contributed by atoms with Crippen LogP contribution in [0, 0.1) is 6.92 Å². The predicted molar refractivity (Wildman–Crippen MR) is 74.3 cm³/mol. The van der Waals surface area contributed by atoms with Crippen molar-refractivity contribution in [3.05, 3.63) is 23.3 Å². The van der Waals surface area contributed by atoms with Gasteiger partial charge in [-0.2, -0.15) is 4.31 Å². The number of aromatic carboxylic acids is 1. The number of nitrogens with zero attached hydrogens (tertiary/aromatic N) is 1. The van der Waals surface area contributed by atoms with Crippen LogP contribution in [0.1, 0.15) is 15.9 Å². The van der Waals surface area contributed by atoms with E-state index in [9.17, 15) is 13.2 Å². The molecule has 0 saturated carbocycles. The van der Waals surface area contributed by atoms with Crippen LogP contribution in [0.3, 0.4) is 0 Å². The lowest BCUT2D eigenvalue weighted by molar-refractivity contribution is 0.0695. The Morgan fingerprint density at radius 2 is 1.95 bits per heavy atom. The number of morpholine rings is 1. The van der Waals surface area contributed by atoms with Crippen molar-refractivity contribution in [2.75, 3.05) is 33.4 Å². The molecule has 7 nitrogen and oxygen atoms in total. The number of hydrogen-bond donors (Lipinski definition) is 1. The summed E-state index contributed by atoms with van der Waals surface area (Å²) < 4.78 is 36.8. The van der Waals surface area contributed by atoms with Gasteiger partial charge in [0.15, 0.2) is 0 Å². The summed E-state index contributed by atoms with van der Waals surface area (Å²) in [5.41, 5.74) is 0.392. The van der Waals surface area contributed by atoms with Crippen molar-refractivity contribution in [3.63, 3.8) is 0 Å². The molecule has 1 saturated heterocycles. The van der Waals surface area contributed by atoms with E-state index < -0.39 is 16.0 Å². The number of methoxy groups -OCH3 is 1. The Kier molecular flexibility index (Phi) is 4.50. The van der Waals surface area contributed by atoms with Crippen molar-refractivity contribution >= 4 is 16.0 Å². The SMILES string of the molecule is COc1cc(C)c(C(=O)O)cc1S(=O)(=O)N1CCOCC1. The van der Waals surface area contributed by atoms with Gasteiger partial charge >= 0.3 is 5.97 Å². The molecule has 0 aromatic heterocycles. The smallest absolute Gasteiger partial charge is 0.336 e. The largest absolute Gasteiger partial charge is 0.495 e. The Morgan fingerprint density at radius 3 is 2.48 bits per heavy atom. The van der Waals surface area contributed by atoms with Crippen LogP contribution in [0.15, 0.2) is 17.0 Å². The lowest BCUT2D eigenvalue weighted by Crippen LogP contribution is -2.40. The van der Waals surface area contributed by atoms with Gasteiger partial charge in [-0.3, -0.25) is 0 Å². The molecule has 1 aliphatic heterocycles. The maximum atomic E-state index is 12.7. The van der Waals surface area contributed by atoms with Gasteiger partial charge in [0.2, 0.25) is 10.0 Å². The molecule has 0 unspecified atom stereocenters. The summed E-state index contributed by atoms with van der Waals surface area (Å²) in [6.45, 7) is 2.71. The molecular weight excluding hydrogens is 298 g/mol. The van der Waals surface area contributed by atoms with Gasteiger partial charge in [0, 0.05) is 13.1 Å². The van der Waals surface area contributed by atoms with Crippen molar-refractivity contribution in [3.8, 4) is 5.75 Å². The molecule has 1 aliphatic rings. The normalized spacial score (nSPS) is 16.7. The average Bonchev–Trinajstić information content (AvgIpc) is 2.47. The molecule has 1 fully saturated rings. The molecule has 0 atom stereocenters. The van der Waals surface area contributed by atoms with Crippen molar-refractivity contribution in [2.24, 2.45) is 0 Å².